The summed E-state index contributed by atoms with van der Waals surface area (Å²) in [6.07, 6.45) is 0. The summed E-state index contributed by atoms with van der Waals surface area (Å²) < 4.78 is 0. The molecule has 1 aromatic heterocycles. The largest absolute Gasteiger partial charge is 0.478 e. The Hall–Kier alpha value is -4.08. The van der Waals surface area contributed by atoms with Crippen LogP contribution in [0.4, 0.5) is 11.4 Å². The Morgan fingerprint density at radius 1 is 1.07 bits per heavy atom. The zero-order valence-electron chi connectivity index (χ0n) is 14.6. The van der Waals surface area contributed by atoms with Crippen LogP contribution in [0.15, 0.2) is 57.5 Å². The molecule has 0 fully saturated rings. The summed E-state index contributed by atoms with van der Waals surface area (Å²) in [5.74, 6) is -2.50. The molecular weight excluding hydrogens is 366 g/mol. The normalized spacial score (nSPS) is 12.2. The van der Waals surface area contributed by atoms with Crippen molar-refractivity contribution in [2.75, 3.05) is 5.32 Å². The molecule has 2 aromatic carbocycles. The van der Waals surface area contributed by atoms with E-state index in [1.54, 1.807) is 18.2 Å². The number of carbonyl (C=O) groups is 3. The van der Waals surface area contributed by atoms with Crippen molar-refractivity contribution >= 4 is 40.1 Å². The van der Waals surface area contributed by atoms with Gasteiger partial charge in [0.1, 0.15) is 0 Å². The number of hydrogen-bond donors (Lipinski definition) is 4. The second kappa shape index (κ2) is 7.66. The third kappa shape index (κ3) is 4.01. The fourth-order valence-corrected chi connectivity index (χ4v) is 2.50. The first-order valence-corrected chi connectivity index (χ1v) is 8.11. The molecule has 0 aliphatic carbocycles. The summed E-state index contributed by atoms with van der Waals surface area (Å²) >= 11 is 0. The van der Waals surface area contributed by atoms with Gasteiger partial charge in [0, 0.05) is 5.69 Å². The number of aromatic amines is 2. The van der Waals surface area contributed by atoms with E-state index in [-0.39, 0.29) is 16.9 Å². The maximum absolute atomic E-state index is 12.5. The number of azo groups is 1. The topological polar surface area (TPSA) is 157 Å². The third-order valence-corrected chi connectivity index (χ3v) is 3.83. The maximum Gasteiger partial charge on any atom is 0.337 e. The number of hydrogen-bond acceptors (Lipinski definition) is 6. The first-order chi connectivity index (χ1) is 13.3. The summed E-state index contributed by atoms with van der Waals surface area (Å²) in [6, 6.07) is 9.07. The number of carbonyl (C=O) groups excluding carboxylic acids is 2. The number of imidazole rings is 1. The van der Waals surface area contributed by atoms with E-state index in [0.29, 0.717) is 16.7 Å². The molecule has 3 rings (SSSR count). The molecule has 0 radical (unpaired) electrons. The number of nitrogens with one attached hydrogen (secondary N) is 3. The molecule has 1 amide bonds. The Morgan fingerprint density at radius 2 is 1.79 bits per heavy atom. The van der Waals surface area contributed by atoms with Gasteiger partial charge in [-0.15, -0.1) is 0 Å². The Kier molecular flexibility index (Phi) is 5.12. The number of anilines is 1. The van der Waals surface area contributed by atoms with Crippen molar-refractivity contribution in [2.45, 2.75) is 13.0 Å². The smallest absolute Gasteiger partial charge is 0.337 e. The zero-order valence-corrected chi connectivity index (χ0v) is 14.6. The molecule has 28 heavy (non-hydrogen) atoms. The molecule has 4 N–H and O–H groups in total. The van der Waals surface area contributed by atoms with Gasteiger partial charge >= 0.3 is 11.7 Å². The number of nitrogens with zero attached hydrogens (tertiary/aromatic N) is 2. The molecule has 0 spiro atoms. The third-order valence-electron chi connectivity index (χ3n) is 3.83. The fraction of sp³-hybridized carbons (Fsp3) is 0.111. The van der Waals surface area contributed by atoms with Gasteiger partial charge in [0.2, 0.25) is 6.04 Å². The number of rotatable bonds is 6. The summed E-state index contributed by atoms with van der Waals surface area (Å²) in [4.78, 5) is 51.9. The number of fused-ring (bicyclic) bond motifs is 1. The summed E-state index contributed by atoms with van der Waals surface area (Å²) in [7, 11) is 0. The van der Waals surface area contributed by atoms with E-state index in [1.165, 1.54) is 31.2 Å². The number of carboxylic acids is 1. The minimum Gasteiger partial charge on any atom is -0.478 e. The van der Waals surface area contributed by atoms with E-state index in [0.717, 1.165) is 0 Å². The first kappa shape index (κ1) is 18.7. The molecule has 3 aromatic rings. The van der Waals surface area contributed by atoms with Crippen molar-refractivity contribution in [1.29, 1.82) is 0 Å². The second-order valence-electron chi connectivity index (χ2n) is 5.88. The van der Waals surface area contributed by atoms with Crippen LogP contribution in [-0.4, -0.2) is 38.8 Å². The van der Waals surface area contributed by atoms with E-state index in [1.807, 2.05) is 0 Å². The second-order valence-corrected chi connectivity index (χ2v) is 5.88. The molecule has 0 aliphatic heterocycles. The lowest BCUT2D eigenvalue weighted by Gasteiger charge is -2.09. The molecule has 1 heterocycles. The van der Waals surface area contributed by atoms with Crippen molar-refractivity contribution in [2.24, 2.45) is 10.2 Å². The number of H-pyrrole nitrogens is 2. The van der Waals surface area contributed by atoms with Gasteiger partial charge in [0.25, 0.3) is 5.91 Å². The molecule has 142 valence electrons. The predicted molar refractivity (Wildman–Crippen MR) is 99.9 cm³/mol. The number of benzene rings is 2. The molecule has 10 heteroatoms. The molecular formula is C18H15N5O5. The summed E-state index contributed by atoms with van der Waals surface area (Å²) in [5.41, 5.74) is 0.942. The van der Waals surface area contributed by atoms with Crippen molar-refractivity contribution in [1.82, 2.24) is 9.97 Å². The lowest BCUT2D eigenvalue weighted by molar-refractivity contribution is -0.126. The fourth-order valence-electron chi connectivity index (χ4n) is 2.50. The molecule has 1 atom stereocenters. The van der Waals surface area contributed by atoms with Gasteiger partial charge in [-0.25, -0.2) is 9.59 Å². The Labute approximate surface area is 157 Å². The van der Waals surface area contributed by atoms with Crippen LogP contribution in [0.2, 0.25) is 0 Å². The van der Waals surface area contributed by atoms with Gasteiger partial charge in [-0.3, -0.25) is 9.59 Å². The van der Waals surface area contributed by atoms with Gasteiger partial charge in [0.15, 0.2) is 5.78 Å². The van der Waals surface area contributed by atoms with Gasteiger partial charge in [-0.05, 0) is 37.3 Å². The first-order valence-electron chi connectivity index (χ1n) is 8.11. The lowest BCUT2D eigenvalue weighted by atomic mass is 10.2. The van der Waals surface area contributed by atoms with Crippen LogP contribution in [0, 0.1) is 0 Å². The molecule has 10 nitrogen and oxygen atoms in total. The Morgan fingerprint density at radius 3 is 2.50 bits per heavy atom. The number of Topliss-reactive ketones (excluding diaryl/α,β-unsaturated/α-hetero) is 1. The monoisotopic (exact) mass is 381 g/mol. The summed E-state index contributed by atoms with van der Waals surface area (Å²) in [5, 5.41) is 19.2. The van der Waals surface area contributed by atoms with Crippen LogP contribution in [0.25, 0.3) is 11.0 Å². The van der Waals surface area contributed by atoms with Crippen LogP contribution < -0.4 is 11.0 Å². The molecule has 0 aliphatic rings. The standard InChI is InChI=1S/C18H15N5O5/c1-9(24)15(23-22-12-5-3-2-4-11(12)17(26)27)16(25)19-10-6-7-13-14(8-10)21-18(28)20-13/h2-8,15H,1H3,(H,19,25)(H,26,27)(H2,20,21,28)/b23-22+. The van der Waals surface area contributed by atoms with Gasteiger partial charge < -0.3 is 20.4 Å². The lowest BCUT2D eigenvalue weighted by Crippen LogP contribution is -2.31. The van der Waals surface area contributed by atoms with Gasteiger partial charge in [-0.2, -0.15) is 10.2 Å². The number of aromatic carboxylic acids is 1. The van der Waals surface area contributed by atoms with Crippen LogP contribution in [0.3, 0.4) is 0 Å². The molecule has 0 bridgehead atoms. The van der Waals surface area contributed by atoms with Crippen LogP contribution in [0.1, 0.15) is 17.3 Å². The van der Waals surface area contributed by atoms with Crippen molar-refractivity contribution in [3.63, 3.8) is 0 Å². The highest BCUT2D eigenvalue weighted by Gasteiger charge is 2.23. The molecule has 1 unspecified atom stereocenters. The van der Waals surface area contributed by atoms with Crippen LogP contribution in [0.5, 0.6) is 0 Å². The summed E-state index contributed by atoms with van der Waals surface area (Å²) in [6.45, 7) is 1.18. The number of aromatic nitrogens is 2. The highest BCUT2D eigenvalue weighted by molar-refractivity contribution is 6.10. The average Bonchev–Trinajstić information content (AvgIpc) is 3.01. The van der Waals surface area contributed by atoms with Crippen LogP contribution >= 0.6 is 0 Å². The van der Waals surface area contributed by atoms with E-state index in [4.69, 9.17) is 5.11 Å². The number of amides is 1. The molecule has 0 saturated heterocycles. The minimum absolute atomic E-state index is 0.0281. The van der Waals surface area contributed by atoms with E-state index in [2.05, 4.69) is 25.5 Å². The van der Waals surface area contributed by atoms with Crippen molar-refractivity contribution < 1.29 is 19.5 Å². The van der Waals surface area contributed by atoms with E-state index in [9.17, 15) is 19.2 Å². The number of ketones is 1. The van der Waals surface area contributed by atoms with Gasteiger partial charge in [-0.1, -0.05) is 12.1 Å². The number of carboxylic acid groups (broad SMARTS) is 1. The minimum atomic E-state index is -1.46. The average molecular weight is 381 g/mol. The van der Waals surface area contributed by atoms with E-state index < -0.39 is 23.7 Å². The van der Waals surface area contributed by atoms with Crippen molar-refractivity contribution in [3.8, 4) is 0 Å². The maximum atomic E-state index is 12.5. The quantitative estimate of drug-likeness (QED) is 0.380. The van der Waals surface area contributed by atoms with E-state index >= 15 is 0 Å². The highest BCUT2D eigenvalue weighted by atomic mass is 16.4. The Balaban J connectivity index is 1.83. The van der Waals surface area contributed by atoms with Crippen LogP contribution in [-0.2, 0) is 9.59 Å². The highest BCUT2D eigenvalue weighted by Crippen LogP contribution is 2.20. The zero-order chi connectivity index (χ0) is 20.3. The molecule has 0 saturated carbocycles. The predicted octanol–water partition coefficient (Wildman–Crippen LogP) is 2.23. The Bertz CT molecular complexity index is 1160. The van der Waals surface area contributed by atoms with Gasteiger partial charge in [0.05, 0.1) is 22.3 Å². The SMILES string of the molecule is CC(=O)C(/N=N/c1ccccc1C(=O)O)C(=O)Nc1ccc2[nH]c(=O)[nH]c2c1. The van der Waals surface area contributed by atoms with Crippen molar-refractivity contribution in [3.05, 3.63) is 58.5 Å².